The molecule has 1 atom stereocenters. The highest BCUT2D eigenvalue weighted by Gasteiger charge is 2.08. The predicted octanol–water partition coefficient (Wildman–Crippen LogP) is 1.58. The minimum atomic E-state index is 0.117. The fourth-order valence-electron chi connectivity index (χ4n) is 0.852. The molecule has 0 radical (unpaired) electrons. The van der Waals surface area contributed by atoms with E-state index >= 15 is 0 Å². The molecule has 3 nitrogen and oxygen atoms in total. The Bertz CT molecular complexity index is 137. The lowest BCUT2D eigenvalue weighted by molar-refractivity contribution is -0.124. The van der Waals surface area contributed by atoms with Crippen LogP contribution in [0.2, 0.25) is 0 Å². The second-order valence-electron chi connectivity index (χ2n) is 3.21. The fourth-order valence-corrected chi connectivity index (χ4v) is 0.852. The first-order valence-corrected chi connectivity index (χ1v) is 5.07. The summed E-state index contributed by atoms with van der Waals surface area (Å²) in [4.78, 5) is 11.2. The first-order valence-electron chi connectivity index (χ1n) is 5.07. The zero-order chi connectivity index (χ0) is 10.1. The molecule has 0 aliphatic rings. The third-order valence-electron chi connectivity index (χ3n) is 1.95. The summed E-state index contributed by atoms with van der Waals surface area (Å²) in [7, 11) is 0. The van der Waals surface area contributed by atoms with E-state index in [4.69, 9.17) is 4.74 Å². The van der Waals surface area contributed by atoms with Gasteiger partial charge in [0.15, 0.2) is 0 Å². The summed E-state index contributed by atoms with van der Waals surface area (Å²) in [5.41, 5.74) is 0. The highest BCUT2D eigenvalue weighted by Crippen LogP contribution is 1.98. The van der Waals surface area contributed by atoms with E-state index in [-0.39, 0.29) is 11.8 Å². The lowest BCUT2D eigenvalue weighted by Gasteiger charge is -2.09. The van der Waals surface area contributed by atoms with Gasteiger partial charge in [-0.25, -0.2) is 0 Å². The molecule has 0 saturated heterocycles. The number of rotatable bonds is 7. The van der Waals surface area contributed by atoms with Crippen LogP contribution >= 0.6 is 0 Å². The minimum Gasteiger partial charge on any atom is -0.380 e. The topological polar surface area (TPSA) is 38.3 Å². The van der Waals surface area contributed by atoms with Crippen LogP contribution in [0.25, 0.3) is 0 Å². The summed E-state index contributed by atoms with van der Waals surface area (Å²) < 4.78 is 5.23. The van der Waals surface area contributed by atoms with Crippen molar-refractivity contribution < 1.29 is 9.53 Å². The lowest BCUT2D eigenvalue weighted by Crippen LogP contribution is -2.31. The number of ether oxygens (including phenoxy) is 1. The van der Waals surface area contributed by atoms with Crippen molar-refractivity contribution in [3.05, 3.63) is 0 Å². The molecule has 0 aromatic heterocycles. The number of carbonyl (C=O) groups excluding carboxylic acids is 1. The maximum Gasteiger partial charge on any atom is 0.222 e. The van der Waals surface area contributed by atoms with Crippen molar-refractivity contribution in [1.82, 2.24) is 5.32 Å². The molecule has 0 aromatic carbocycles. The van der Waals surface area contributed by atoms with Crippen molar-refractivity contribution in [3.63, 3.8) is 0 Å². The molecule has 78 valence electrons. The van der Waals surface area contributed by atoms with Crippen LogP contribution in [0.1, 0.15) is 33.6 Å². The van der Waals surface area contributed by atoms with Crippen molar-refractivity contribution in [2.75, 3.05) is 19.8 Å². The Morgan fingerprint density at radius 1 is 1.38 bits per heavy atom. The molecule has 0 spiro atoms. The van der Waals surface area contributed by atoms with Crippen LogP contribution in [-0.4, -0.2) is 25.7 Å². The molecule has 3 heteroatoms. The van der Waals surface area contributed by atoms with Gasteiger partial charge >= 0.3 is 0 Å². The van der Waals surface area contributed by atoms with Gasteiger partial charge in [0.05, 0.1) is 6.61 Å². The molecule has 1 N–H and O–H groups in total. The fraction of sp³-hybridized carbons (Fsp3) is 0.900. The Balaban J connectivity index is 3.27. The second kappa shape index (κ2) is 8.05. The number of hydrogen-bond acceptors (Lipinski definition) is 2. The SMILES string of the molecule is CCCOCCNC(=O)C(C)CC. The van der Waals surface area contributed by atoms with Crippen LogP contribution in [0.4, 0.5) is 0 Å². The second-order valence-corrected chi connectivity index (χ2v) is 3.21. The normalized spacial score (nSPS) is 12.5. The molecule has 0 aromatic rings. The Morgan fingerprint density at radius 2 is 2.08 bits per heavy atom. The van der Waals surface area contributed by atoms with Gasteiger partial charge in [-0.15, -0.1) is 0 Å². The van der Waals surface area contributed by atoms with Gasteiger partial charge in [-0.1, -0.05) is 20.8 Å². The summed E-state index contributed by atoms with van der Waals surface area (Å²) in [6.07, 6.45) is 1.92. The molecular formula is C10H21NO2. The van der Waals surface area contributed by atoms with E-state index in [9.17, 15) is 4.79 Å². The van der Waals surface area contributed by atoms with E-state index in [1.54, 1.807) is 0 Å². The molecule has 0 aliphatic carbocycles. The quantitative estimate of drug-likeness (QED) is 0.614. The summed E-state index contributed by atoms with van der Waals surface area (Å²) in [5.74, 6) is 0.244. The Kier molecular flexibility index (Phi) is 7.69. The van der Waals surface area contributed by atoms with Gasteiger partial charge < -0.3 is 10.1 Å². The Hall–Kier alpha value is -0.570. The standard InChI is InChI=1S/C10H21NO2/c1-4-7-13-8-6-11-10(12)9(3)5-2/h9H,4-8H2,1-3H3,(H,11,12). The van der Waals surface area contributed by atoms with Gasteiger partial charge in [-0.05, 0) is 12.8 Å². The first kappa shape index (κ1) is 12.4. The van der Waals surface area contributed by atoms with Gasteiger partial charge in [0.2, 0.25) is 5.91 Å². The number of hydrogen-bond donors (Lipinski definition) is 1. The van der Waals surface area contributed by atoms with E-state index in [1.165, 1.54) is 0 Å². The molecule has 0 rings (SSSR count). The first-order chi connectivity index (χ1) is 6.22. The van der Waals surface area contributed by atoms with Crippen molar-refractivity contribution in [1.29, 1.82) is 0 Å². The molecular weight excluding hydrogens is 166 g/mol. The molecule has 13 heavy (non-hydrogen) atoms. The third-order valence-corrected chi connectivity index (χ3v) is 1.95. The van der Waals surface area contributed by atoms with Crippen molar-refractivity contribution >= 4 is 5.91 Å². The molecule has 0 saturated carbocycles. The van der Waals surface area contributed by atoms with E-state index in [0.717, 1.165) is 19.4 Å². The van der Waals surface area contributed by atoms with Crippen molar-refractivity contribution in [2.45, 2.75) is 33.6 Å². The average molecular weight is 187 g/mol. The maximum atomic E-state index is 11.2. The smallest absolute Gasteiger partial charge is 0.222 e. The number of amides is 1. The third kappa shape index (κ3) is 6.58. The molecule has 1 amide bonds. The van der Waals surface area contributed by atoms with Crippen molar-refractivity contribution in [3.8, 4) is 0 Å². The van der Waals surface area contributed by atoms with Gasteiger partial charge in [0.1, 0.15) is 0 Å². The average Bonchev–Trinajstić information content (AvgIpc) is 2.16. The van der Waals surface area contributed by atoms with Crippen LogP contribution < -0.4 is 5.32 Å². The Labute approximate surface area is 80.8 Å². The van der Waals surface area contributed by atoms with Gasteiger partial charge in [0, 0.05) is 19.1 Å². The van der Waals surface area contributed by atoms with Crippen LogP contribution in [-0.2, 0) is 9.53 Å². The number of carbonyl (C=O) groups is 1. The highest BCUT2D eigenvalue weighted by atomic mass is 16.5. The molecule has 0 heterocycles. The highest BCUT2D eigenvalue weighted by molar-refractivity contribution is 5.78. The van der Waals surface area contributed by atoms with Gasteiger partial charge in [-0.3, -0.25) is 4.79 Å². The van der Waals surface area contributed by atoms with Gasteiger partial charge in [-0.2, -0.15) is 0 Å². The van der Waals surface area contributed by atoms with Gasteiger partial charge in [0.25, 0.3) is 0 Å². The predicted molar refractivity (Wildman–Crippen MR) is 53.6 cm³/mol. The lowest BCUT2D eigenvalue weighted by atomic mass is 10.1. The molecule has 1 unspecified atom stereocenters. The summed E-state index contributed by atoms with van der Waals surface area (Å²) in [6.45, 7) is 8.04. The summed E-state index contributed by atoms with van der Waals surface area (Å²) in [5, 5.41) is 2.83. The largest absolute Gasteiger partial charge is 0.380 e. The zero-order valence-electron chi connectivity index (χ0n) is 8.93. The molecule has 0 bridgehead atoms. The minimum absolute atomic E-state index is 0.117. The summed E-state index contributed by atoms with van der Waals surface area (Å²) in [6, 6.07) is 0. The number of nitrogens with one attached hydrogen (secondary N) is 1. The van der Waals surface area contributed by atoms with Crippen LogP contribution in [0, 0.1) is 5.92 Å². The van der Waals surface area contributed by atoms with Crippen LogP contribution in [0.15, 0.2) is 0 Å². The van der Waals surface area contributed by atoms with E-state index in [1.807, 2.05) is 13.8 Å². The molecule has 0 aliphatic heterocycles. The maximum absolute atomic E-state index is 11.2. The summed E-state index contributed by atoms with van der Waals surface area (Å²) >= 11 is 0. The van der Waals surface area contributed by atoms with E-state index in [0.29, 0.717) is 13.2 Å². The van der Waals surface area contributed by atoms with Crippen LogP contribution in [0.3, 0.4) is 0 Å². The molecule has 0 fully saturated rings. The van der Waals surface area contributed by atoms with Crippen molar-refractivity contribution in [2.24, 2.45) is 5.92 Å². The van der Waals surface area contributed by atoms with E-state index in [2.05, 4.69) is 12.2 Å². The monoisotopic (exact) mass is 187 g/mol. The van der Waals surface area contributed by atoms with E-state index < -0.39 is 0 Å². The zero-order valence-corrected chi connectivity index (χ0v) is 8.93. The Morgan fingerprint density at radius 3 is 2.62 bits per heavy atom. The van der Waals surface area contributed by atoms with Crippen LogP contribution in [0.5, 0.6) is 0 Å².